The quantitative estimate of drug-likeness (QED) is 0.581. The normalized spacial score (nSPS) is 24.2. The molecule has 90 valence electrons. The predicted molar refractivity (Wildman–Crippen MR) is 63.6 cm³/mol. The molecule has 0 saturated carbocycles. The summed E-state index contributed by atoms with van der Waals surface area (Å²) in [5, 5.41) is 0. The molecule has 3 heteroatoms. The first-order valence-corrected chi connectivity index (χ1v) is 5.79. The Bertz CT molecular complexity index is 459. The second-order valence-corrected chi connectivity index (χ2v) is 5.05. The van der Waals surface area contributed by atoms with Crippen molar-refractivity contribution >= 4 is 11.9 Å². The van der Waals surface area contributed by atoms with Gasteiger partial charge in [-0.2, -0.15) is 0 Å². The molecule has 0 radical (unpaired) electrons. The van der Waals surface area contributed by atoms with Gasteiger partial charge in [0, 0.05) is 0 Å². The molecule has 0 amide bonds. The maximum absolute atomic E-state index is 11.7. The second kappa shape index (κ2) is 3.99. The Hall–Kier alpha value is -1.64. The van der Waals surface area contributed by atoms with Crippen LogP contribution in [0.15, 0.2) is 24.3 Å². The van der Waals surface area contributed by atoms with Crippen LogP contribution >= 0.6 is 0 Å². The molecule has 0 aliphatic carbocycles. The molecule has 1 aromatic carbocycles. The molecule has 0 aromatic heterocycles. The van der Waals surface area contributed by atoms with Crippen molar-refractivity contribution in [3.05, 3.63) is 35.4 Å². The maximum atomic E-state index is 11.7. The first kappa shape index (κ1) is 11.8. The van der Waals surface area contributed by atoms with Crippen molar-refractivity contribution in [3.8, 4) is 0 Å². The SMILES string of the molecule is CC(C)c1ccc([C@]2(C)CC(=O)OC2=O)cc1. The van der Waals surface area contributed by atoms with E-state index in [0.717, 1.165) is 5.56 Å². The fourth-order valence-corrected chi connectivity index (χ4v) is 2.07. The predicted octanol–water partition coefficient (Wildman–Crippen LogP) is 2.54. The van der Waals surface area contributed by atoms with Gasteiger partial charge >= 0.3 is 11.9 Å². The maximum Gasteiger partial charge on any atom is 0.324 e. The van der Waals surface area contributed by atoms with Gasteiger partial charge in [0.25, 0.3) is 0 Å². The molecule has 1 heterocycles. The third-order valence-electron chi connectivity index (χ3n) is 3.37. The molecule has 1 saturated heterocycles. The van der Waals surface area contributed by atoms with Crippen LogP contribution in [-0.4, -0.2) is 11.9 Å². The summed E-state index contributed by atoms with van der Waals surface area (Å²) in [5.74, 6) is -0.431. The molecule has 17 heavy (non-hydrogen) atoms. The van der Waals surface area contributed by atoms with E-state index in [0.29, 0.717) is 5.92 Å². The Balaban J connectivity index is 2.34. The zero-order valence-electron chi connectivity index (χ0n) is 10.3. The highest BCUT2D eigenvalue weighted by Crippen LogP contribution is 2.35. The average molecular weight is 232 g/mol. The van der Waals surface area contributed by atoms with Crippen molar-refractivity contribution in [2.75, 3.05) is 0 Å². The Morgan fingerprint density at radius 2 is 1.76 bits per heavy atom. The number of esters is 2. The lowest BCUT2D eigenvalue weighted by Crippen LogP contribution is -2.27. The molecule has 2 rings (SSSR count). The molecule has 1 atom stereocenters. The van der Waals surface area contributed by atoms with Crippen molar-refractivity contribution in [1.29, 1.82) is 0 Å². The smallest absolute Gasteiger partial charge is 0.324 e. The summed E-state index contributed by atoms with van der Waals surface area (Å²) in [4.78, 5) is 22.9. The van der Waals surface area contributed by atoms with E-state index in [1.165, 1.54) is 5.56 Å². The number of benzene rings is 1. The molecule has 0 N–H and O–H groups in total. The van der Waals surface area contributed by atoms with Crippen LogP contribution in [0.5, 0.6) is 0 Å². The van der Waals surface area contributed by atoms with E-state index in [1.807, 2.05) is 24.3 Å². The van der Waals surface area contributed by atoms with Gasteiger partial charge in [0.2, 0.25) is 0 Å². The average Bonchev–Trinajstić information content (AvgIpc) is 2.54. The van der Waals surface area contributed by atoms with Gasteiger partial charge in [-0.15, -0.1) is 0 Å². The minimum atomic E-state index is -0.813. The number of carbonyl (C=O) groups is 2. The van der Waals surface area contributed by atoms with Crippen LogP contribution in [0.1, 0.15) is 44.2 Å². The lowest BCUT2D eigenvalue weighted by Gasteiger charge is -2.19. The minimum Gasteiger partial charge on any atom is -0.392 e. The summed E-state index contributed by atoms with van der Waals surface area (Å²) in [6.07, 6.45) is 0.132. The molecule has 1 fully saturated rings. The highest BCUT2D eigenvalue weighted by atomic mass is 16.6. The van der Waals surface area contributed by atoms with Crippen molar-refractivity contribution in [1.82, 2.24) is 0 Å². The number of ether oxygens (including phenoxy) is 1. The number of cyclic esters (lactones) is 2. The molecule has 0 bridgehead atoms. The van der Waals surface area contributed by atoms with Gasteiger partial charge in [-0.05, 0) is 24.0 Å². The van der Waals surface area contributed by atoms with E-state index in [2.05, 4.69) is 18.6 Å². The number of hydrogen-bond acceptors (Lipinski definition) is 3. The minimum absolute atomic E-state index is 0.132. The fourth-order valence-electron chi connectivity index (χ4n) is 2.07. The van der Waals surface area contributed by atoms with Crippen LogP contribution in [0, 0.1) is 0 Å². The fraction of sp³-hybridized carbons (Fsp3) is 0.429. The van der Waals surface area contributed by atoms with Gasteiger partial charge in [-0.3, -0.25) is 9.59 Å². The van der Waals surface area contributed by atoms with E-state index in [-0.39, 0.29) is 6.42 Å². The standard InChI is InChI=1S/C14H16O3/c1-9(2)10-4-6-11(7-5-10)14(3)8-12(15)17-13(14)16/h4-7,9H,8H2,1-3H3/t14-/m0/s1. The first-order valence-electron chi connectivity index (χ1n) is 5.79. The summed E-state index contributed by atoms with van der Waals surface area (Å²) >= 11 is 0. The van der Waals surface area contributed by atoms with Gasteiger partial charge in [0.05, 0.1) is 6.42 Å². The van der Waals surface area contributed by atoms with E-state index < -0.39 is 17.4 Å². The highest BCUT2D eigenvalue weighted by molar-refractivity contribution is 6.00. The first-order chi connectivity index (χ1) is 7.93. The third-order valence-corrected chi connectivity index (χ3v) is 3.37. The zero-order chi connectivity index (χ0) is 12.6. The van der Waals surface area contributed by atoms with Crippen molar-refractivity contribution in [2.24, 2.45) is 0 Å². The van der Waals surface area contributed by atoms with E-state index in [1.54, 1.807) is 6.92 Å². The highest BCUT2D eigenvalue weighted by Gasteiger charge is 2.46. The van der Waals surface area contributed by atoms with Crippen LogP contribution in [0.2, 0.25) is 0 Å². The monoisotopic (exact) mass is 232 g/mol. The van der Waals surface area contributed by atoms with Crippen LogP contribution in [0.3, 0.4) is 0 Å². The van der Waals surface area contributed by atoms with Crippen LogP contribution in [-0.2, 0) is 19.7 Å². The Kier molecular flexibility index (Phi) is 2.77. The van der Waals surface area contributed by atoms with E-state index in [9.17, 15) is 9.59 Å². The van der Waals surface area contributed by atoms with E-state index in [4.69, 9.17) is 0 Å². The summed E-state index contributed by atoms with van der Waals surface area (Å²) in [7, 11) is 0. The Morgan fingerprint density at radius 3 is 2.18 bits per heavy atom. The lowest BCUT2D eigenvalue weighted by atomic mass is 9.80. The van der Waals surface area contributed by atoms with Gasteiger partial charge in [0.1, 0.15) is 5.41 Å². The molecular formula is C14H16O3. The second-order valence-electron chi connectivity index (χ2n) is 5.05. The van der Waals surface area contributed by atoms with Gasteiger partial charge in [-0.1, -0.05) is 38.1 Å². The molecule has 1 aromatic rings. The summed E-state index contributed by atoms with van der Waals surface area (Å²) in [6.45, 7) is 5.98. The van der Waals surface area contributed by atoms with Gasteiger partial charge < -0.3 is 4.74 Å². The Morgan fingerprint density at radius 1 is 1.18 bits per heavy atom. The van der Waals surface area contributed by atoms with Crippen molar-refractivity contribution in [2.45, 2.75) is 38.5 Å². The third kappa shape index (κ3) is 1.97. The summed E-state index contributed by atoms with van der Waals surface area (Å²) in [5.41, 5.74) is 1.25. The van der Waals surface area contributed by atoms with Gasteiger partial charge in [-0.25, -0.2) is 0 Å². The van der Waals surface area contributed by atoms with Crippen LogP contribution in [0.4, 0.5) is 0 Å². The molecule has 0 unspecified atom stereocenters. The summed E-state index contributed by atoms with van der Waals surface area (Å²) in [6, 6.07) is 7.83. The topological polar surface area (TPSA) is 43.4 Å². The molecular weight excluding hydrogens is 216 g/mol. The molecule has 0 spiro atoms. The zero-order valence-corrected chi connectivity index (χ0v) is 10.3. The van der Waals surface area contributed by atoms with Crippen LogP contribution in [0.25, 0.3) is 0 Å². The van der Waals surface area contributed by atoms with Gasteiger partial charge in [0.15, 0.2) is 0 Å². The molecule has 1 aliphatic heterocycles. The van der Waals surface area contributed by atoms with Crippen molar-refractivity contribution in [3.63, 3.8) is 0 Å². The molecule has 3 nitrogen and oxygen atoms in total. The number of rotatable bonds is 2. The molecule has 1 aliphatic rings. The van der Waals surface area contributed by atoms with Crippen LogP contribution < -0.4 is 0 Å². The van der Waals surface area contributed by atoms with Crippen molar-refractivity contribution < 1.29 is 14.3 Å². The largest absolute Gasteiger partial charge is 0.392 e. The Labute approximate surface area is 101 Å². The van der Waals surface area contributed by atoms with E-state index >= 15 is 0 Å². The number of carbonyl (C=O) groups excluding carboxylic acids is 2. The summed E-state index contributed by atoms with van der Waals surface area (Å²) < 4.78 is 4.63. The lowest BCUT2D eigenvalue weighted by molar-refractivity contribution is -0.153. The number of hydrogen-bond donors (Lipinski definition) is 0.